The van der Waals surface area contributed by atoms with Gasteiger partial charge in [-0.3, -0.25) is 4.79 Å². The molecule has 2 N–H and O–H groups in total. The monoisotopic (exact) mass is 483 g/mol. The summed E-state index contributed by atoms with van der Waals surface area (Å²) in [5.74, 6) is -2.95. The van der Waals surface area contributed by atoms with Crippen molar-refractivity contribution in [2.75, 3.05) is 5.32 Å². The normalized spacial score (nSPS) is 27.4. The summed E-state index contributed by atoms with van der Waals surface area (Å²) in [5.41, 5.74) is -0.813. The number of nitrogens with one attached hydrogen (secondary N) is 1. The molecule has 2 aromatic rings. The van der Waals surface area contributed by atoms with Gasteiger partial charge in [-0.25, -0.2) is 17.2 Å². The number of anilines is 1. The van der Waals surface area contributed by atoms with Crippen molar-refractivity contribution in [3.05, 3.63) is 58.1 Å². The lowest BCUT2D eigenvalue weighted by Gasteiger charge is -2.40. The van der Waals surface area contributed by atoms with Crippen LogP contribution in [0.5, 0.6) is 0 Å². The minimum atomic E-state index is -3.85. The van der Waals surface area contributed by atoms with Gasteiger partial charge in [0.2, 0.25) is 0 Å². The molecule has 0 spiro atoms. The number of carbonyl (C=O) groups excluding carboxylic acids is 1. The van der Waals surface area contributed by atoms with Crippen molar-refractivity contribution in [1.29, 1.82) is 0 Å². The molecule has 172 valence electrons. The lowest BCUT2D eigenvalue weighted by atomic mass is 9.76. The van der Waals surface area contributed by atoms with Gasteiger partial charge in [0, 0.05) is 16.8 Å². The molecular weight excluding hydrogens is 460 g/mol. The minimum absolute atomic E-state index is 0.00948. The van der Waals surface area contributed by atoms with Crippen molar-refractivity contribution in [2.24, 2.45) is 11.8 Å². The van der Waals surface area contributed by atoms with Gasteiger partial charge in [-0.05, 0) is 81.7 Å². The van der Waals surface area contributed by atoms with Crippen LogP contribution in [0, 0.1) is 30.4 Å². The largest absolute Gasteiger partial charge is 0.390 e. The molecule has 0 aromatic heterocycles. The predicted molar refractivity (Wildman–Crippen MR) is 118 cm³/mol. The lowest BCUT2D eigenvalue weighted by molar-refractivity contribution is -0.0413. The highest BCUT2D eigenvalue weighted by atomic mass is 35.5. The number of fused-ring (bicyclic) bond motifs is 2. The molecule has 2 fully saturated rings. The molecule has 32 heavy (non-hydrogen) atoms. The molecule has 2 aliphatic rings. The Kier molecular flexibility index (Phi) is 5.84. The minimum Gasteiger partial charge on any atom is -0.390 e. The van der Waals surface area contributed by atoms with E-state index in [9.17, 15) is 27.1 Å². The molecule has 0 aliphatic heterocycles. The molecular formula is C23H24ClF2NO4S. The second kappa shape index (κ2) is 8.08. The van der Waals surface area contributed by atoms with Gasteiger partial charge in [-0.2, -0.15) is 0 Å². The number of hydrogen-bond donors (Lipinski definition) is 2. The molecule has 1 amide bonds. The highest BCUT2D eigenvalue weighted by molar-refractivity contribution is 7.92. The number of benzene rings is 2. The first-order chi connectivity index (χ1) is 14.9. The van der Waals surface area contributed by atoms with E-state index in [1.54, 1.807) is 6.92 Å². The molecule has 0 saturated heterocycles. The van der Waals surface area contributed by atoms with E-state index in [-0.39, 0.29) is 38.6 Å². The zero-order valence-electron chi connectivity index (χ0n) is 17.7. The number of amides is 1. The van der Waals surface area contributed by atoms with E-state index in [1.807, 2.05) is 0 Å². The van der Waals surface area contributed by atoms with Gasteiger partial charge >= 0.3 is 0 Å². The number of carbonyl (C=O) groups is 1. The van der Waals surface area contributed by atoms with Crippen LogP contribution in [0.1, 0.15) is 48.5 Å². The standard InChI is InChI=1S/C23H24ClF2NO4S/c1-12-19(8-7-18(25)21(12)26)27-22(28)13-3-6-17(24)20(9-13)32(30,31)16-10-14-4-5-15(11-16)23(14,2)29/h3,6-9,14-16,29H,4-5,10-11H2,1-2H3,(H,27,28). The smallest absolute Gasteiger partial charge is 0.255 e. The van der Waals surface area contributed by atoms with Crippen molar-refractivity contribution in [1.82, 2.24) is 0 Å². The maximum absolute atomic E-state index is 13.8. The maximum Gasteiger partial charge on any atom is 0.255 e. The van der Waals surface area contributed by atoms with E-state index in [4.69, 9.17) is 11.6 Å². The molecule has 2 unspecified atom stereocenters. The summed E-state index contributed by atoms with van der Waals surface area (Å²) in [5, 5.41) is 12.5. The molecule has 2 bridgehead atoms. The Bertz CT molecular complexity index is 1180. The summed E-state index contributed by atoms with van der Waals surface area (Å²) in [6.07, 6.45) is 2.25. The molecule has 0 heterocycles. The first kappa shape index (κ1) is 23.1. The van der Waals surface area contributed by atoms with Crippen LogP contribution in [0.15, 0.2) is 35.2 Å². The van der Waals surface area contributed by atoms with Crippen LogP contribution in [0.2, 0.25) is 5.02 Å². The highest BCUT2D eigenvalue weighted by Crippen LogP contribution is 2.51. The van der Waals surface area contributed by atoms with Crippen LogP contribution < -0.4 is 5.32 Å². The van der Waals surface area contributed by atoms with E-state index in [0.29, 0.717) is 12.8 Å². The average Bonchev–Trinajstić information content (AvgIpc) is 2.91. The zero-order chi connectivity index (χ0) is 23.4. The SMILES string of the molecule is Cc1c(NC(=O)c2ccc(Cl)c(S(=O)(=O)C3CC4CCC(C3)C4(C)O)c2)ccc(F)c1F. The quantitative estimate of drug-likeness (QED) is 0.648. The number of sulfone groups is 1. The second-order valence-corrected chi connectivity index (χ2v) is 11.6. The summed E-state index contributed by atoms with van der Waals surface area (Å²) in [6, 6.07) is 6.08. The molecule has 4 rings (SSSR count). The average molecular weight is 484 g/mol. The summed E-state index contributed by atoms with van der Waals surface area (Å²) >= 11 is 6.22. The van der Waals surface area contributed by atoms with Gasteiger partial charge in [0.15, 0.2) is 21.5 Å². The highest BCUT2D eigenvalue weighted by Gasteiger charge is 2.53. The Labute approximate surface area is 190 Å². The molecule has 2 aliphatic carbocycles. The number of halogens is 3. The van der Waals surface area contributed by atoms with Crippen LogP contribution in [0.4, 0.5) is 14.5 Å². The molecule has 5 nitrogen and oxygen atoms in total. The Morgan fingerprint density at radius 1 is 1.16 bits per heavy atom. The third kappa shape index (κ3) is 3.82. The number of rotatable bonds is 4. The third-order valence-electron chi connectivity index (χ3n) is 7.14. The van der Waals surface area contributed by atoms with Crippen molar-refractivity contribution in [3.8, 4) is 0 Å². The van der Waals surface area contributed by atoms with Crippen molar-refractivity contribution >= 4 is 33.0 Å². The van der Waals surface area contributed by atoms with E-state index in [2.05, 4.69) is 5.32 Å². The fraction of sp³-hybridized carbons (Fsp3) is 0.435. The number of hydrogen-bond acceptors (Lipinski definition) is 4. The lowest BCUT2D eigenvalue weighted by Crippen LogP contribution is -2.45. The summed E-state index contributed by atoms with van der Waals surface area (Å²) < 4.78 is 54.0. The van der Waals surface area contributed by atoms with E-state index in [0.717, 1.165) is 18.9 Å². The Morgan fingerprint density at radius 2 is 1.78 bits per heavy atom. The van der Waals surface area contributed by atoms with Crippen LogP contribution in [-0.2, 0) is 9.84 Å². The zero-order valence-corrected chi connectivity index (χ0v) is 19.2. The molecule has 0 radical (unpaired) electrons. The number of aliphatic hydroxyl groups is 1. The van der Waals surface area contributed by atoms with Crippen molar-refractivity contribution in [3.63, 3.8) is 0 Å². The maximum atomic E-state index is 13.8. The van der Waals surface area contributed by atoms with Crippen LogP contribution in [0.25, 0.3) is 0 Å². The Morgan fingerprint density at radius 3 is 2.41 bits per heavy atom. The summed E-state index contributed by atoms with van der Waals surface area (Å²) in [6.45, 7) is 3.11. The molecule has 2 aromatic carbocycles. The van der Waals surface area contributed by atoms with Crippen molar-refractivity contribution in [2.45, 2.75) is 55.3 Å². The van der Waals surface area contributed by atoms with Gasteiger partial charge in [0.25, 0.3) is 5.91 Å². The van der Waals surface area contributed by atoms with E-state index >= 15 is 0 Å². The molecule has 9 heteroatoms. The Balaban J connectivity index is 1.62. The summed E-state index contributed by atoms with van der Waals surface area (Å²) in [7, 11) is -3.85. The second-order valence-electron chi connectivity index (χ2n) is 8.97. The molecule has 2 saturated carbocycles. The summed E-state index contributed by atoms with van der Waals surface area (Å²) in [4.78, 5) is 12.6. The van der Waals surface area contributed by atoms with Gasteiger partial charge < -0.3 is 10.4 Å². The third-order valence-corrected chi connectivity index (χ3v) is 9.79. The van der Waals surface area contributed by atoms with E-state index in [1.165, 1.54) is 31.2 Å². The fourth-order valence-corrected chi connectivity index (χ4v) is 7.44. The first-order valence-electron chi connectivity index (χ1n) is 10.4. The van der Waals surface area contributed by atoms with Crippen LogP contribution >= 0.6 is 11.6 Å². The van der Waals surface area contributed by atoms with Gasteiger partial charge in [-0.15, -0.1) is 0 Å². The van der Waals surface area contributed by atoms with E-state index < -0.39 is 38.2 Å². The van der Waals surface area contributed by atoms with Crippen molar-refractivity contribution < 1.29 is 27.1 Å². The fourth-order valence-electron chi connectivity index (χ4n) is 5.04. The van der Waals surface area contributed by atoms with Crippen LogP contribution in [-0.4, -0.2) is 30.3 Å². The van der Waals surface area contributed by atoms with Gasteiger partial charge in [0.1, 0.15) is 0 Å². The van der Waals surface area contributed by atoms with Gasteiger partial charge in [-0.1, -0.05) is 11.6 Å². The van der Waals surface area contributed by atoms with Crippen LogP contribution in [0.3, 0.4) is 0 Å². The first-order valence-corrected chi connectivity index (χ1v) is 12.4. The molecule has 2 atom stereocenters. The van der Waals surface area contributed by atoms with Gasteiger partial charge in [0.05, 0.1) is 20.8 Å². The topological polar surface area (TPSA) is 83.5 Å². The Hall–Kier alpha value is -2.03. The predicted octanol–water partition coefficient (Wildman–Crippen LogP) is 4.89.